The lowest BCUT2D eigenvalue weighted by molar-refractivity contribution is 0.116. The lowest BCUT2D eigenvalue weighted by atomic mass is 9.93. The van der Waals surface area contributed by atoms with Crippen molar-refractivity contribution in [1.82, 2.24) is 9.97 Å². The molecule has 0 aliphatic heterocycles. The number of aryl methyl sites for hydroxylation is 1. The molecule has 1 fully saturated rings. The van der Waals surface area contributed by atoms with Crippen LogP contribution in [0.1, 0.15) is 38.2 Å². The topological polar surface area (TPSA) is 58.0 Å². The Balaban J connectivity index is 1.91. The van der Waals surface area contributed by atoms with Crippen molar-refractivity contribution in [3.8, 4) is 0 Å². The highest BCUT2D eigenvalue weighted by Gasteiger charge is 2.23. The van der Waals surface area contributed by atoms with Gasteiger partial charge < -0.3 is 10.4 Å². The molecule has 0 amide bonds. The number of hydrogen-bond acceptors (Lipinski definition) is 4. The fourth-order valence-corrected chi connectivity index (χ4v) is 3.49. The minimum Gasteiger partial charge on any atom is -0.391 e. The van der Waals surface area contributed by atoms with Gasteiger partial charge in [0.2, 0.25) is 5.95 Å². The van der Waals surface area contributed by atoms with E-state index in [2.05, 4.69) is 44.2 Å². The molecule has 112 valence electrons. The molecular formula is C16H20BrN3O. The molecule has 3 rings (SSSR count). The smallest absolute Gasteiger partial charge is 0.223 e. The molecule has 0 saturated heterocycles. The molecule has 0 bridgehead atoms. The summed E-state index contributed by atoms with van der Waals surface area (Å²) in [7, 11) is 0. The molecular weight excluding hydrogens is 330 g/mol. The van der Waals surface area contributed by atoms with Crippen molar-refractivity contribution >= 4 is 32.8 Å². The van der Waals surface area contributed by atoms with Gasteiger partial charge in [0, 0.05) is 16.1 Å². The molecule has 1 heterocycles. The highest BCUT2D eigenvalue weighted by Crippen LogP contribution is 2.25. The monoisotopic (exact) mass is 349 g/mol. The number of aliphatic hydroxyl groups excluding tert-OH is 1. The first-order valence-corrected chi connectivity index (χ1v) is 8.36. The van der Waals surface area contributed by atoms with E-state index >= 15 is 0 Å². The lowest BCUT2D eigenvalue weighted by Gasteiger charge is -2.28. The second-order valence-electron chi connectivity index (χ2n) is 5.65. The van der Waals surface area contributed by atoms with Crippen LogP contribution in [-0.4, -0.2) is 27.2 Å². The molecule has 2 aromatic rings. The number of halogens is 1. The van der Waals surface area contributed by atoms with Gasteiger partial charge in [0.05, 0.1) is 17.7 Å². The molecule has 2 atom stereocenters. The van der Waals surface area contributed by atoms with Crippen molar-refractivity contribution in [2.45, 2.75) is 51.2 Å². The Morgan fingerprint density at radius 3 is 2.90 bits per heavy atom. The summed E-state index contributed by atoms with van der Waals surface area (Å²) in [6.45, 7) is 2.13. The van der Waals surface area contributed by atoms with Crippen molar-refractivity contribution in [1.29, 1.82) is 0 Å². The Kier molecular flexibility index (Phi) is 4.40. The Bertz CT molecular complexity index is 647. The fourth-order valence-electron chi connectivity index (χ4n) is 2.96. The van der Waals surface area contributed by atoms with Crippen LogP contribution in [0.3, 0.4) is 0 Å². The van der Waals surface area contributed by atoms with Crippen LogP contribution in [0.25, 0.3) is 10.9 Å². The molecule has 1 aromatic carbocycles. The van der Waals surface area contributed by atoms with Crippen LogP contribution in [0, 0.1) is 0 Å². The van der Waals surface area contributed by atoms with Gasteiger partial charge in [0.25, 0.3) is 0 Å². The molecule has 1 aliphatic rings. The number of hydrogen-bond donors (Lipinski definition) is 2. The van der Waals surface area contributed by atoms with Crippen molar-refractivity contribution in [2.75, 3.05) is 5.32 Å². The predicted molar refractivity (Wildman–Crippen MR) is 88.5 cm³/mol. The average Bonchev–Trinajstić information content (AvgIpc) is 2.49. The number of fused-ring (bicyclic) bond motifs is 1. The number of aromatic nitrogens is 2. The highest BCUT2D eigenvalue weighted by atomic mass is 79.9. The van der Waals surface area contributed by atoms with E-state index in [1.165, 1.54) is 5.56 Å². The summed E-state index contributed by atoms with van der Waals surface area (Å²) < 4.78 is 1.05. The van der Waals surface area contributed by atoms with Crippen LogP contribution in [0.15, 0.2) is 22.8 Å². The molecule has 5 heteroatoms. The Morgan fingerprint density at radius 2 is 2.14 bits per heavy atom. The number of nitrogens with zero attached hydrogens (tertiary/aromatic N) is 2. The minimum absolute atomic E-state index is 0.0664. The van der Waals surface area contributed by atoms with E-state index in [0.29, 0.717) is 5.95 Å². The summed E-state index contributed by atoms with van der Waals surface area (Å²) in [4.78, 5) is 9.06. The zero-order chi connectivity index (χ0) is 14.8. The van der Waals surface area contributed by atoms with E-state index < -0.39 is 0 Å². The third kappa shape index (κ3) is 3.19. The van der Waals surface area contributed by atoms with Crippen LogP contribution < -0.4 is 5.32 Å². The third-order valence-electron chi connectivity index (χ3n) is 4.15. The quantitative estimate of drug-likeness (QED) is 0.887. The second kappa shape index (κ2) is 6.28. The zero-order valence-corrected chi connectivity index (χ0v) is 13.7. The largest absolute Gasteiger partial charge is 0.391 e. The van der Waals surface area contributed by atoms with Crippen LogP contribution in [0.5, 0.6) is 0 Å². The highest BCUT2D eigenvalue weighted by molar-refractivity contribution is 9.10. The van der Waals surface area contributed by atoms with Gasteiger partial charge in [-0.2, -0.15) is 0 Å². The second-order valence-corrected chi connectivity index (χ2v) is 6.57. The van der Waals surface area contributed by atoms with Crippen LogP contribution >= 0.6 is 15.9 Å². The summed E-state index contributed by atoms with van der Waals surface area (Å²) >= 11 is 3.53. The third-order valence-corrected chi connectivity index (χ3v) is 4.61. The molecule has 4 nitrogen and oxygen atoms in total. The van der Waals surface area contributed by atoms with Gasteiger partial charge in [-0.05, 0) is 37.0 Å². The SMILES string of the molecule is CCc1cc(Br)cc2cnc(N[C@H]3CCCC[C@H]3O)nc12. The van der Waals surface area contributed by atoms with Gasteiger partial charge in [-0.1, -0.05) is 35.7 Å². The molecule has 2 N–H and O–H groups in total. The first kappa shape index (κ1) is 14.7. The number of anilines is 1. The maximum atomic E-state index is 10.1. The van der Waals surface area contributed by atoms with E-state index in [4.69, 9.17) is 0 Å². The number of nitrogens with one attached hydrogen (secondary N) is 1. The van der Waals surface area contributed by atoms with Crippen LogP contribution in [-0.2, 0) is 6.42 Å². The number of aliphatic hydroxyl groups is 1. The molecule has 1 aromatic heterocycles. The standard InChI is InChI=1S/C16H20BrN3O/c1-2-10-7-12(17)8-11-9-18-16(20-15(10)11)19-13-5-3-4-6-14(13)21/h7-9,13-14,21H,2-6H2,1H3,(H,18,19,20)/t13-,14+/m0/s1. The summed E-state index contributed by atoms with van der Waals surface area (Å²) in [6, 6.07) is 4.21. The first-order chi connectivity index (χ1) is 10.2. The molecule has 21 heavy (non-hydrogen) atoms. The van der Waals surface area contributed by atoms with Crippen LogP contribution in [0.2, 0.25) is 0 Å². The van der Waals surface area contributed by atoms with E-state index in [0.717, 1.165) is 47.5 Å². The maximum Gasteiger partial charge on any atom is 0.223 e. The minimum atomic E-state index is -0.298. The summed E-state index contributed by atoms with van der Waals surface area (Å²) in [5.41, 5.74) is 2.19. The van der Waals surface area contributed by atoms with Crippen molar-refractivity contribution in [3.05, 3.63) is 28.4 Å². The molecule has 1 aliphatic carbocycles. The molecule has 1 saturated carbocycles. The van der Waals surface area contributed by atoms with Gasteiger partial charge >= 0.3 is 0 Å². The summed E-state index contributed by atoms with van der Waals surface area (Å²) in [5, 5.41) is 14.4. The normalized spacial score (nSPS) is 22.4. The Morgan fingerprint density at radius 1 is 1.33 bits per heavy atom. The van der Waals surface area contributed by atoms with E-state index in [1.54, 1.807) is 0 Å². The lowest BCUT2D eigenvalue weighted by Crippen LogP contribution is -2.36. The summed E-state index contributed by atoms with van der Waals surface area (Å²) in [6.07, 6.45) is 6.57. The zero-order valence-electron chi connectivity index (χ0n) is 12.1. The van der Waals surface area contributed by atoms with Gasteiger partial charge in [0.15, 0.2) is 0 Å². The Labute approximate surface area is 133 Å². The Hall–Kier alpha value is -1.20. The number of benzene rings is 1. The van der Waals surface area contributed by atoms with Crippen molar-refractivity contribution in [3.63, 3.8) is 0 Å². The van der Waals surface area contributed by atoms with Crippen molar-refractivity contribution < 1.29 is 5.11 Å². The molecule has 0 spiro atoms. The van der Waals surface area contributed by atoms with Crippen LogP contribution in [0.4, 0.5) is 5.95 Å². The average molecular weight is 350 g/mol. The van der Waals surface area contributed by atoms with Gasteiger partial charge in [-0.25, -0.2) is 9.97 Å². The number of rotatable bonds is 3. The summed E-state index contributed by atoms with van der Waals surface area (Å²) in [5.74, 6) is 0.616. The van der Waals surface area contributed by atoms with Gasteiger partial charge in [-0.15, -0.1) is 0 Å². The predicted octanol–water partition coefficient (Wildman–Crippen LogP) is 3.67. The molecule has 0 radical (unpaired) electrons. The first-order valence-electron chi connectivity index (χ1n) is 7.57. The van der Waals surface area contributed by atoms with Gasteiger partial charge in [0.1, 0.15) is 0 Å². The van der Waals surface area contributed by atoms with Gasteiger partial charge in [-0.3, -0.25) is 0 Å². The molecule has 0 unspecified atom stereocenters. The van der Waals surface area contributed by atoms with E-state index in [9.17, 15) is 5.11 Å². The fraction of sp³-hybridized carbons (Fsp3) is 0.500. The van der Waals surface area contributed by atoms with Crippen molar-refractivity contribution in [2.24, 2.45) is 0 Å². The van der Waals surface area contributed by atoms with E-state index in [-0.39, 0.29) is 12.1 Å². The van der Waals surface area contributed by atoms with E-state index in [1.807, 2.05) is 12.3 Å². The maximum absolute atomic E-state index is 10.1.